The lowest BCUT2D eigenvalue weighted by atomic mass is 10.0. The van der Waals surface area contributed by atoms with Crippen molar-refractivity contribution in [1.82, 2.24) is 5.32 Å². The Morgan fingerprint density at radius 3 is 3.18 bits per heavy atom. The molecule has 1 aliphatic rings. The molecule has 4 nitrogen and oxygen atoms in total. The zero-order valence-corrected chi connectivity index (χ0v) is 5.87. The number of nitriles is 1. The molecule has 1 unspecified atom stereocenters. The third-order valence-electron chi connectivity index (χ3n) is 1.54. The molecule has 0 saturated carbocycles. The van der Waals surface area contributed by atoms with Crippen LogP contribution in [0.5, 0.6) is 0 Å². The number of rotatable bonds is 1. The van der Waals surface area contributed by atoms with Crippen molar-refractivity contribution in [2.75, 3.05) is 13.1 Å². The highest BCUT2D eigenvalue weighted by atomic mass is 16.4. The highest BCUT2D eigenvalue weighted by molar-refractivity contribution is 5.73. The van der Waals surface area contributed by atoms with Crippen LogP contribution in [0.25, 0.3) is 0 Å². The quantitative estimate of drug-likeness (QED) is 0.543. The number of nitrogens with zero attached hydrogens (tertiary/aromatic N) is 1. The van der Waals surface area contributed by atoms with Gasteiger partial charge in [-0.05, 0) is 0 Å². The van der Waals surface area contributed by atoms with Gasteiger partial charge in [0.1, 0.15) is 0 Å². The summed E-state index contributed by atoms with van der Waals surface area (Å²) in [5.74, 6) is -1.43. The Morgan fingerprint density at radius 2 is 2.64 bits per heavy atom. The topological polar surface area (TPSA) is 73.1 Å². The molecule has 0 spiro atoms. The molecule has 0 radical (unpaired) electrons. The van der Waals surface area contributed by atoms with E-state index in [1.165, 1.54) is 6.08 Å². The summed E-state index contributed by atoms with van der Waals surface area (Å²) in [7, 11) is 0. The molecule has 1 aliphatic heterocycles. The van der Waals surface area contributed by atoms with Gasteiger partial charge in [-0.2, -0.15) is 5.26 Å². The number of hydrogen-bond acceptors (Lipinski definition) is 3. The molecule has 0 aromatic heterocycles. The summed E-state index contributed by atoms with van der Waals surface area (Å²) < 4.78 is 0. The van der Waals surface area contributed by atoms with Crippen LogP contribution in [0.15, 0.2) is 11.6 Å². The molecule has 1 atom stereocenters. The molecule has 0 aromatic carbocycles. The second-order valence-electron chi connectivity index (χ2n) is 2.38. The van der Waals surface area contributed by atoms with Crippen LogP contribution in [0.3, 0.4) is 0 Å². The van der Waals surface area contributed by atoms with E-state index in [0.717, 1.165) is 0 Å². The van der Waals surface area contributed by atoms with Crippen molar-refractivity contribution < 1.29 is 9.90 Å². The molecule has 0 aliphatic carbocycles. The monoisotopic (exact) mass is 152 g/mol. The molecule has 0 fully saturated rings. The van der Waals surface area contributed by atoms with Crippen LogP contribution in [0.2, 0.25) is 0 Å². The number of carbonyl (C=O) groups is 1. The number of nitrogens with one attached hydrogen (secondary N) is 1. The van der Waals surface area contributed by atoms with Gasteiger partial charge in [-0.25, -0.2) is 0 Å². The van der Waals surface area contributed by atoms with Gasteiger partial charge < -0.3 is 10.4 Å². The molecule has 1 rings (SSSR count). The zero-order chi connectivity index (χ0) is 8.27. The van der Waals surface area contributed by atoms with E-state index in [2.05, 4.69) is 5.32 Å². The summed E-state index contributed by atoms with van der Waals surface area (Å²) in [6.45, 7) is 0.904. The third-order valence-corrected chi connectivity index (χ3v) is 1.54. The van der Waals surface area contributed by atoms with E-state index >= 15 is 0 Å². The van der Waals surface area contributed by atoms with Crippen LogP contribution < -0.4 is 5.32 Å². The highest BCUT2D eigenvalue weighted by Gasteiger charge is 2.18. The molecule has 58 valence electrons. The SMILES string of the molecule is N#CC1=CC(C(=O)O)CNC1. The third kappa shape index (κ3) is 1.79. The van der Waals surface area contributed by atoms with E-state index in [1.54, 1.807) is 0 Å². The lowest BCUT2D eigenvalue weighted by Gasteiger charge is -2.14. The largest absolute Gasteiger partial charge is 0.481 e. The van der Waals surface area contributed by atoms with Crippen molar-refractivity contribution in [3.05, 3.63) is 11.6 Å². The van der Waals surface area contributed by atoms with Gasteiger partial charge in [0.05, 0.1) is 12.0 Å². The van der Waals surface area contributed by atoms with Crippen molar-refractivity contribution in [3.63, 3.8) is 0 Å². The lowest BCUT2D eigenvalue weighted by molar-refractivity contribution is -0.140. The average Bonchev–Trinajstić information content (AvgIpc) is 2.05. The first-order valence-corrected chi connectivity index (χ1v) is 3.28. The number of carboxylic acid groups (broad SMARTS) is 1. The molecule has 0 bridgehead atoms. The normalized spacial score (nSPS) is 23.5. The van der Waals surface area contributed by atoms with Gasteiger partial charge in [0, 0.05) is 18.7 Å². The minimum Gasteiger partial charge on any atom is -0.481 e. The molecule has 11 heavy (non-hydrogen) atoms. The fraction of sp³-hybridized carbons (Fsp3) is 0.429. The lowest BCUT2D eigenvalue weighted by Crippen LogP contribution is -2.32. The maximum Gasteiger partial charge on any atom is 0.311 e. The Kier molecular flexibility index (Phi) is 2.24. The smallest absolute Gasteiger partial charge is 0.311 e. The van der Waals surface area contributed by atoms with Gasteiger partial charge >= 0.3 is 5.97 Å². The van der Waals surface area contributed by atoms with E-state index in [4.69, 9.17) is 10.4 Å². The maximum atomic E-state index is 10.4. The van der Waals surface area contributed by atoms with Crippen molar-refractivity contribution in [3.8, 4) is 6.07 Å². The molecule has 0 saturated heterocycles. The fourth-order valence-corrected chi connectivity index (χ4v) is 0.958. The maximum absolute atomic E-state index is 10.4. The van der Waals surface area contributed by atoms with E-state index in [0.29, 0.717) is 18.7 Å². The summed E-state index contributed by atoms with van der Waals surface area (Å²) >= 11 is 0. The van der Waals surface area contributed by atoms with Crippen molar-refractivity contribution in [2.45, 2.75) is 0 Å². The van der Waals surface area contributed by atoms with Crippen LogP contribution in [0.1, 0.15) is 0 Å². The Morgan fingerprint density at radius 1 is 1.91 bits per heavy atom. The molecule has 2 N–H and O–H groups in total. The molecule has 0 amide bonds. The molecule has 1 heterocycles. The number of carboxylic acids is 1. The fourth-order valence-electron chi connectivity index (χ4n) is 0.958. The first-order chi connectivity index (χ1) is 5.24. The van der Waals surface area contributed by atoms with Gasteiger partial charge in [0.25, 0.3) is 0 Å². The summed E-state index contributed by atoms with van der Waals surface area (Å²) in [6.07, 6.45) is 1.50. The Hall–Kier alpha value is -1.34. The molecule has 4 heteroatoms. The Labute approximate surface area is 64.1 Å². The van der Waals surface area contributed by atoms with Gasteiger partial charge in [-0.3, -0.25) is 4.79 Å². The Bertz CT molecular complexity index is 239. The van der Waals surface area contributed by atoms with Crippen LogP contribution in [-0.4, -0.2) is 24.2 Å². The minimum atomic E-state index is -0.884. The number of hydrogen-bond donors (Lipinski definition) is 2. The minimum absolute atomic E-state index is 0.417. The predicted molar refractivity (Wildman–Crippen MR) is 37.7 cm³/mol. The summed E-state index contributed by atoms with van der Waals surface area (Å²) in [4.78, 5) is 10.4. The van der Waals surface area contributed by atoms with E-state index in [9.17, 15) is 4.79 Å². The van der Waals surface area contributed by atoms with Gasteiger partial charge in [0.15, 0.2) is 0 Å². The number of aliphatic carboxylic acids is 1. The first-order valence-electron chi connectivity index (χ1n) is 3.28. The van der Waals surface area contributed by atoms with Gasteiger partial charge in [-0.15, -0.1) is 0 Å². The molecule has 0 aromatic rings. The van der Waals surface area contributed by atoms with Crippen LogP contribution in [-0.2, 0) is 4.79 Å². The predicted octanol–water partition coefficient (Wildman–Crippen LogP) is -0.260. The second-order valence-corrected chi connectivity index (χ2v) is 2.38. The molecular formula is C7H8N2O2. The standard InChI is InChI=1S/C7H8N2O2/c8-2-5-1-6(7(10)11)4-9-3-5/h1,6,9H,3-4H2,(H,10,11). The zero-order valence-electron chi connectivity index (χ0n) is 5.87. The summed E-state index contributed by atoms with van der Waals surface area (Å²) in [5, 5.41) is 19.8. The van der Waals surface area contributed by atoms with Crippen molar-refractivity contribution in [2.24, 2.45) is 5.92 Å². The first kappa shape index (κ1) is 7.76. The van der Waals surface area contributed by atoms with Gasteiger partial charge in [0.2, 0.25) is 0 Å². The van der Waals surface area contributed by atoms with E-state index < -0.39 is 11.9 Å². The average molecular weight is 152 g/mol. The Balaban J connectivity index is 2.72. The van der Waals surface area contributed by atoms with E-state index in [-0.39, 0.29) is 0 Å². The van der Waals surface area contributed by atoms with Crippen LogP contribution in [0, 0.1) is 17.2 Å². The van der Waals surface area contributed by atoms with Crippen molar-refractivity contribution in [1.29, 1.82) is 5.26 Å². The van der Waals surface area contributed by atoms with Crippen LogP contribution >= 0.6 is 0 Å². The van der Waals surface area contributed by atoms with Crippen LogP contribution in [0.4, 0.5) is 0 Å². The molecular weight excluding hydrogens is 144 g/mol. The summed E-state index contributed by atoms with van der Waals surface area (Å²) in [5.41, 5.74) is 0.503. The second kappa shape index (κ2) is 3.17. The van der Waals surface area contributed by atoms with Crippen molar-refractivity contribution >= 4 is 5.97 Å². The highest BCUT2D eigenvalue weighted by Crippen LogP contribution is 2.07. The van der Waals surface area contributed by atoms with Gasteiger partial charge in [-0.1, -0.05) is 6.08 Å². The van der Waals surface area contributed by atoms with E-state index in [1.807, 2.05) is 6.07 Å². The summed E-state index contributed by atoms with van der Waals surface area (Å²) in [6, 6.07) is 1.92.